The van der Waals surface area contributed by atoms with E-state index >= 15 is 0 Å². The number of nitrogens with zero attached hydrogens (tertiary/aromatic N) is 2. The molecule has 37 heavy (non-hydrogen) atoms. The first-order valence-electron chi connectivity index (χ1n) is 14.8. The van der Waals surface area contributed by atoms with Crippen LogP contribution in [0.15, 0.2) is 42.6 Å². The molecule has 202 valence electrons. The minimum atomic E-state index is -1.45. The molecular weight excluding hydrogens is 485 g/mol. The SMILES string of the molecule is C[Si](C)(C)O[Si](C)(C)CCCCCCCCCc1ccc(C2CCC(c3ccc(C#N)cc3)CC2)nc1. The highest BCUT2D eigenvalue weighted by Gasteiger charge is 2.28. The summed E-state index contributed by atoms with van der Waals surface area (Å²) in [6, 6.07) is 16.3. The molecule has 3 rings (SSSR count). The van der Waals surface area contributed by atoms with Gasteiger partial charge in [0.1, 0.15) is 0 Å². The van der Waals surface area contributed by atoms with Crippen LogP contribution in [-0.4, -0.2) is 21.6 Å². The van der Waals surface area contributed by atoms with Gasteiger partial charge in [-0.25, -0.2) is 0 Å². The maximum Gasteiger partial charge on any atom is 0.173 e. The van der Waals surface area contributed by atoms with E-state index in [2.05, 4.69) is 69.3 Å². The second-order valence-electron chi connectivity index (χ2n) is 12.8. The smallest absolute Gasteiger partial charge is 0.173 e. The van der Waals surface area contributed by atoms with Crippen LogP contribution in [-0.2, 0) is 10.5 Å². The van der Waals surface area contributed by atoms with Crippen LogP contribution in [0.1, 0.15) is 105 Å². The summed E-state index contributed by atoms with van der Waals surface area (Å²) in [7, 11) is -2.84. The monoisotopic (exact) mass is 534 g/mol. The Kier molecular flexibility index (Phi) is 11.6. The highest BCUT2D eigenvalue weighted by Crippen LogP contribution is 2.40. The number of aromatic nitrogens is 1. The van der Waals surface area contributed by atoms with Gasteiger partial charge in [0.2, 0.25) is 0 Å². The molecule has 1 aliphatic carbocycles. The molecule has 0 bridgehead atoms. The molecule has 0 saturated heterocycles. The fourth-order valence-corrected chi connectivity index (χ4v) is 14.2. The molecule has 1 fully saturated rings. The molecule has 1 heterocycles. The molecule has 2 aromatic rings. The van der Waals surface area contributed by atoms with E-state index in [1.165, 1.54) is 93.5 Å². The molecule has 0 radical (unpaired) electrons. The van der Waals surface area contributed by atoms with Gasteiger partial charge in [0.05, 0.1) is 11.6 Å². The summed E-state index contributed by atoms with van der Waals surface area (Å²) in [6.07, 6.45) is 17.6. The second-order valence-corrected chi connectivity index (χ2v) is 21.9. The zero-order valence-corrected chi connectivity index (χ0v) is 26.2. The van der Waals surface area contributed by atoms with Crippen LogP contribution in [0.2, 0.25) is 38.8 Å². The van der Waals surface area contributed by atoms with Gasteiger partial charge in [-0.3, -0.25) is 4.98 Å². The maximum absolute atomic E-state index is 9.01. The number of hydrogen-bond acceptors (Lipinski definition) is 3. The van der Waals surface area contributed by atoms with Crippen LogP contribution in [0, 0.1) is 11.3 Å². The molecule has 0 spiro atoms. The lowest BCUT2D eigenvalue weighted by atomic mass is 9.77. The number of rotatable bonds is 14. The lowest BCUT2D eigenvalue weighted by Crippen LogP contribution is -2.42. The minimum Gasteiger partial charge on any atom is -0.456 e. The summed E-state index contributed by atoms with van der Waals surface area (Å²) in [5.41, 5.74) is 4.81. The summed E-state index contributed by atoms with van der Waals surface area (Å²) in [4.78, 5) is 4.87. The number of pyridine rings is 1. The van der Waals surface area contributed by atoms with Gasteiger partial charge in [-0.2, -0.15) is 5.26 Å². The summed E-state index contributed by atoms with van der Waals surface area (Å²) in [6.45, 7) is 11.8. The average molecular weight is 535 g/mol. The van der Waals surface area contributed by atoms with Gasteiger partial charge in [0.25, 0.3) is 0 Å². The first kappa shape index (κ1) is 29.8. The van der Waals surface area contributed by atoms with E-state index in [0.717, 1.165) is 12.0 Å². The Balaban J connectivity index is 1.26. The number of unbranched alkanes of at least 4 members (excludes halogenated alkanes) is 6. The van der Waals surface area contributed by atoms with Crippen molar-refractivity contribution in [3.63, 3.8) is 0 Å². The number of nitriles is 1. The molecule has 0 aliphatic heterocycles. The Morgan fingerprint density at radius 2 is 1.38 bits per heavy atom. The van der Waals surface area contributed by atoms with Crippen molar-refractivity contribution in [2.24, 2.45) is 0 Å². The van der Waals surface area contributed by atoms with Crippen molar-refractivity contribution >= 4 is 16.6 Å². The van der Waals surface area contributed by atoms with Gasteiger partial charge in [0.15, 0.2) is 16.6 Å². The van der Waals surface area contributed by atoms with Crippen molar-refractivity contribution in [3.05, 3.63) is 65.0 Å². The van der Waals surface area contributed by atoms with Crippen molar-refractivity contribution in [2.45, 2.75) is 128 Å². The first-order valence-corrected chi connectivity index (χ1v) is 21.3. The molecule has 0 N–H and O–H groups in total. The normalized spacial score (nSPS) is 18.5. The van der Waals surface area contributed by atoms with Crippen molar-refractivity contribution < 1.29 is 4.12 Å². The van der Waals surface area contributed by atoms with Gasteiger partial charge < -0.3 is 4.12 Å². The molecule has 1 aromatic heterocycles. The molecule has 0 atom stereocenters. The van der Waals surface area contributed by atoms with Crippen LogP contribution in [0.5, 0.6) is 0 Å². The van der Waals surface area contributed by atoms with Gasteiger partial charge in [-0.1, -0.05) is 56.7 Å². The van der Waals surface area contributed by atoms with Gasteiger partial charge in [-0.05, 0) is 113 Å². The Morgan fingerprint density at radius 1 is 0.784 bits per heavy atom. The second kappa shape index (κ2) is 14.4. The van der Waals surface area contributed by atoms with Crippen molar-refractivity contribution in [2.75, 3.05) is 0 Å². The fourth-order valence-electron chi connectivity index (χ4n) is 6.02. The van der Waals surface area contributed by atoms with Crippen LogP contribution in [0.25, 0.3) is 0 Å². The zero-order valence-electron chi connectivity index (χ0n) is 24.2. The van der Waals surface area contributed by atoms with Crippen molar-refractivity contribution in [3.8, 4) is 6.07 Å². The Bertz CT molecular complexity index is 966. The standard InChI is InChI=1S/C32H50N2OSi2/c1-36(2,3)35-37(4,5)24-12-10-8-6-7-9-11-13-28-16-23-32(34-26-28)31-21-19-30(20-22-31)29-17-14-27(25-33)15-18-29/h14-18,23,26,30-31H,6-13,19-22,24H2,1-5H3. The minimum absolute atomic E-state index is 0.596. The lowest BCUT2D eigenvalue weighted by molar-refractivity contribution is 0.391. The van der Waals surface area contributed by atoms with E-state index in [0.29, 0.717) is 11.8 Å². The topological polar surface area (TPSA) is 45.9 Å². The molecule has 1 aliphatic rings. The number of hydrogen-bond donors (Lipinski definition) is 0. The highest BCUT2D eigenvalue weighted by molar-refractivity contribution is 6.84. The van der Waals surface area contributed by atoms with Crippen LogP contribution in [0.4, 0.5) is 0 Å². The highest BCUT2D eigenvalue weighted by atomic mass is 28.4. The van der Waals surface area contributed by atoms with E-state index in [4.69, 9.17) is 14.4 Å². The Hall–Kier alpha value is -1.75. The first-order chi connectivity index (χ1) is 17.6. The molecule has 1 aromatic carbocycles. The molecule has 3 nitrogen and oxygen atoms in total. The van der Waals surface area contributed by atoms with Crippen molar-refractivity contribution in [1.82, 2.24) is 4.98 Å². The molecule has 0 unspecified atom stereocenters. The van der Waals surface area contributed by atoms with Crippen LogP contribution < -0.4 is 0 Å². The number of aryl methyl sites for hydroxylation is 1. The third kappa shape index (κ3) is 10.9. The largest absolute Gasteiger partial charge is 0.456 e. The Labute approximate surface area is 229 Å². The molecule has 1 saturated carbocycles. The molecule has 0 amide bonds. The summed E-state index contributed by atoms with van der Waals surface area (Å²) in [5.74, 6) is 1.22. The summed E-state index contributed by atoms with van der Waals surface area (Å²) >= 11 is 0. The maximum atomic E-state index is 9.01. The summed E-state index contributed by atoms with van der Waals surface area (Å²) in [5, 5.41) is 9.01. The predicted octanol–water partition coefficient (Wildman–Crippen LogP) is 9.72. The van der Waals surface area contributed by atoms with Gasteiger partial charge in [0, 0.05) is 17.8 Å². The van der Waals surface area contributed by atoms with Gasteiger partial charge >= 0.3 is 0 Å². The number of benzene rings is 1. The predicted molar refractivity (Wildman–Crippen MR) is 162 cm³/mol. The van der Waals surface area contributed by atoms with Crippen LogP contribution in [0.3, 0.4) is 0 Å². The fraction of sp³-hybridized carbons (Fsp3) is 0.625. The van der Waals surface area contributed by atoms with E-state index in [1.54, 1.807) is 0 Å². The zero-order chi connectivity index (χ0) is 26.7. The Morgan fingerprint density at radius 3 is 1.95 bits per heavy atom. The van der Waals surface area contributed by atoms with Crippen molar-refractivity contribution in [1.29, 1.82) is 5.26 Å². The van der Waals surface area contributed by atoms with E-state index in [1.807, 2.05) is 12.1 Å². The average Bonchev–Trinajstić information content (AvgIpc) is 2.87. The van der Waals surface area contributed by atoms with Gasteiger partial charge in [-0.15, -0.1) is 0 Å². The third-order valence-corrected chi connectivity index (χ3v) is 14.0. The quantitative estimate of drug-likeness (QED) is 0.179. The summed E-state index contributed by atoms with van der Waals surface area (Å²) < 4.78 is 6.46. The van der Waals surface area contributed by atoms with E-state index in [-0.39, 0.29) is 0 Å². The van der Waals surface area contributed by atoms with E-state index < -0.39 is 16.6 Å². The third-order valence-electron chi connectivity index (χ3n) is 7.83. The van der Waals surface area contributed by atoms with E-state index in [9.17, 15) is 0 Å². The van der Waals surface area contributed by atoms with Crippen LogP contribution >= 0.6 is 0 Å². The molecular formula is C32H50N2OSi2. The molecule has 5 heteroatoms. The lowest BCUT2D eigenvalue weighted by Gasteiger charge is -2.31.